The standard InChI is InChI=1S/C13H25N3O3/c1-9(2)11(12(14)15-19)13(18)16-7-5-3-4-6-10(16)8-17/h9-11,17,19H,3-8H2,1-2H3,(H2,14,15). The lowest BCUT2D eigenvalue weighted by Gasteiger charge is -2.33. The zero-order chi connectivity index (χ0) is 14.4. The molecule has 6 heteroatoms. The number of nitrogens with two attached hydrogens (primary N) is 1. The van der Waals surface area contributed by atoms with Crippen molar-refractivity contribution in [2.75, 3.05) is 13.2 Å². The maximum Gasteiger partial charge on any atom is 0.233 e. The van der Waals surface area contributed by atoms with E-state index in [4.69, 9.17) is 10.9 Å². The van der Waals surface area contributed by atoms with Crippen molar-refractivity contribution in [2.45, 2.75) is 45.6 Å². The molecule has 6 nitrogen and oxygen atoms in total. The summed E-state index contributed by atoms with van der Waals surface area (Å²) in [6.07, 6.45) is 3.83. The van der Waals surface area contributed by atoms with Crippen LogP contribution in [0.25, 0.3) is 0 Å². The van der Waals surface area contributed by atoms with Gasteiger partial charge in [-0.25, -0.2) is 0 Å². The fourth-order valence-corrected chi connectivity index (χ4v) is 2.65. The summed E-state index contributed by atoms with van der Waals surface area (Å²) < 4.78 is 0. The number of amidine groups is 1. The molecule has 2 unspecified atom stereocenters. The van der Waals surface area contributed by atoms with Gasteiger partial charge >= 0.3 is 0 Å². The molecule has 1 heterocycles. The summed E-state index contributed by atoms with van der Waals surface area (Å²) in [7, 11) is 0. The Morgan fingerprint density at radius 3 is 2.63 bits per heavy atom. The first-order valence-corrected chi connectivity index (χ1v) is 6.91. The van der Waals surface area contributed by atoms with Gasteiger partial charge in [-0.1, -0.05) is 31.8 Å². The Bertz CT molecular complexity index is 331. The Balaban J connectivity index is 2.92. The quantitative estimate of drug-likeness (QED) is 0.304. The molecule has 0 aromatic heterocycles. The maximum absolute atomic E-state index is 12.6. The Kier molecular flexibility index (Phi) is 6.08. The maximum atomic E-state index is 12.6. The highest BCUT2D eigenvalue weighted by atomic mass is 16.4. The van der Waals surface area contributed by atoms with Crippen LogP contribution < -0.4 is 5.73 Å². The van der Waals surface area contributed by atoms with E-state index in [1.165, 1.54) is 0 Å². The van der Waals surface area contributed by atoms with E-state index in [2.05, 4.69) is 5.16 Å². The number of oxime groups is 1. The molecule has 110 valence electrons. The molecule has 0 spiro atoms. The monoisotopic (exact) mass is 271 g/mol. The minimum Gasteiger partial charge on any atom is -0.409 e. The summed E-state index contributed by atoms with van der Waals surface area (Å²) in [6, 6.07) is -0.150. The van der Waals surface area contributed by atoms with Crippen molar-refractivity contribution in [1.29, 1.82) is 0 Å². The minimum absolute atomic E-state index is 0.0350. The predicted octanol–water partition coefficient (Wildman–Crippen LogP) is 0.769. The predicted molar refractivity (Wildman–Crippen MR) is 72.8 cm³/mol. The summed E-state index contributed by atoms with van der Waals surface area (Å²) in [6.45, 7) is 4.33. The first-order valence-electron chi connectivity index (χ1n) is 6.91. The molecule has 0 radical (unpaired) electrons. The number of amides is 1. The SMILES string of the molecule is CC(C)C(C(=O)N1CCCCCC1CO)C(N)=NO. The summed E-state index contributed by atoms with van der Waals surface area (Å²) >= 11 is 0. The molecule has 1 amide bonds. The van der Waals surface area contributed by atoms with Crippen LogP contribution in [0.2, 0.25) is 0 Å². The topological polar surface area (TPSA) is 99.2 Å². The number of carbonyl (C=O) groups excluding carboxylic acids is 1. The third-order valence-electron chi connectivity index (χ3n) is 3.74. The van der Waals surface area contributed by atoms with E-state index in [-0.39, 0.29) is 30.3 Å². The Morgan fingerprint density at radius 2 is 2.11 bits per heavy atom. The Morgan fingerprint density at radius 1 is 1.42 bits per heavy atom. The second kappa shape index (κ2) is 7.33. The van der Waals surface area contributed by atoms with Gasteiger partial charge in [0.2, 0.25) is 5.91 Å². The van der Waals surface area contributed by atoms with E-state index in [0.29, 0.717) is 6.54 Å². The molecule has 19 heavy (non-hydrogen) atoms. The van der Waals surface area contributed by atoms with Gasteiger partial charge in [0.1, 0.15) is 5.92 Å². The van der Waals surface area contributed by atoms with Crippen LogP contribution in [0.15, 0.2) is 5.16 Å². The van der Waals surface area contributed by atoms with Crippen molar-refractivity contribution in [3.63, 3.8) is 0 Å². The molecule has 2 atom stereocenters. The van der Waals surface area contributed by atoms with Gasteiger partial charge in [-0.05, 0) is 18.8 Å². The normalized spacial score (nSPS) is 23.3. The Hall–Kier alpha value is -1.30. The molecule has 1 fully saturated rings. The van der Waals surface area contributed by atoms with Crippen LogP contribution in [0.5, 0.6) is 0 Å². The van der Waals surface area contributed by atoms with Crippen molar-refractivity contribution in [3.05, 3.63) is 0 Å². The van der Waals surface area contributed by atoms with Gasteiger partial charge in [0.05, 0.1) is 12.6 Å². The van der Waals surface area contributed by atoms with Crippen molar-refractivity contribution >= 4 is 11.7 Å². The summed E-state index contributed by atoms with van der Waals surface area (Å²) in [4.78, 5) is 14.3. The Labute approximate surface area is 114 Å². The smallest absolute Gasteiger partial charge is 0.233 e. The summed E-state index contributed by atoms with van der Waals surface area (Å²) in [5, 5.41) is 21.3. The number of carbonyl (C=O) groups is 1. The molecule has 1 saturated heterocycles. The van der Waals surface area contributed by atoms with Gasteiger partial charge in [0.15, 0.2) is 5.84 Å². The molecule has 1 aliphatic heterocycles. The fourth-order valence-electron chi connectivity index (χ4n) is 2.65. The highest BCUT2D eigenvalue weighted by molar-refractivity contribution is 6.02. The number of aliphatic hydroxyl groups excluding tert-OH is 1. The second-order valence-electron chi connectivity index (χ2n) is 5.46. The molecule has 0 saturated carbocycles. The second-order valence-corrected chi connectivity index (χ2v) is 5.46. The number of likely N-dealkylation sites (tertiary alicyclic amines) is 1. The largest absolute Gasteiger partial charge is 0.409 e. The third kappa shape index (κ3) is 3.83. The van der Waals surface area contributed by atoms with E-state index in [1.807, 2.05) is 13.8 Å². The van der Waals surface area contributed by atoms with Crippen LogP contribution in [-0.4, -0.2) is 46.1 Å². The van der Waals surface area contributed by atoms with Crippen molar-refractivity contribution < 1.29 is 15.1 Å². The van der Waals surface area contributed by atoms with E-state index >= 15 is 0 Å². The van der Waals surface area contributed by atoms with Gasteiger partial charge in [-0.2, -0.15) is 0 Å². The highest BCUT2D eigenvalue weighted by Crippen LogP contribution is 2.22. The van der Waals surface area contributed by atoms with Crippen molar-refractivity contribution in [1.82, 2.24) is 4.90 Å². The fraction of sp³-hybridized carbons (Fsp3) is 0.846. The van der Waals surface area contributed by atoms with E-state index < -0.39 is 5.92 Å². The summed E-state index contributed by atoms with van der Waals surface area (Å²) in [5.74, 6) is -0.879. The number of hydrogen-bond donors (Lipinski definition) is 3. The lowest BCUT2D eigenvalue weighted by molar-refractivity contribution is -0.137. The van der Waals surface area contributed by atoms with E-state index in [9.17, 15) is 9.90 Å². The zero-order valence-electron chi connectivity index (χ0n) is 11.7. The molecule has 1 aliphatic rings. The molecule has 0 aromatic rings. The van der Waals surface area contributed by atoms with Crippen LogP contribution in [0, 0.1) is 11.8 Å². The van der Waals surface area contributed by atoms with Crippen LogP contribution in [0.3, 0.4) is 0 Å². The van der Waals surface area contributed by atoms with Gasteiger partial charge in [-0.15, -0.1) is 0 Å². The van der Waals surface area contributed by atoms with Crippen molar-refractivity contribution in [3.8, 4) is 0 Å². The number of hydrogen-bond acceptors (Lipinski definition) is 4. The molecular formula is C13H25N3O3. The van der Waals surface area contributed by atoms with E-state index in [1.54, 1.807) is 4.90 Å². The van der Waals surface area contributed by atoms with Crippen LogP contribution in [0.4, 0.5) is 0 Å². The van der Waals surface area contributed by atoms with Crippen LogP contribution in [-0.2, 0) is 4.79 Å². The minimum atomic E-state index is -0.628. The third-order valence-corrected chi connectivity index (χ3v) is 3.74. The first-order chi connectivity index (χ1) is 9.02. The van der Waals surface area contributed by atoms with Gasteiger partial charge in [0, 0.05) is 6.54 Å². The molecule has 4 N–H and O–H groups in total. The van der Waals surface area contributed by atoms with Crippen LogP contribution in [0.1, 0.15) is 39.5 Å². The lowest BCUT2D eigenvalue weighted by Crippen LogP contribution is -2.49. The lowest BCUT2D eigenvalue weighted by atomic mass is 9.92. The molecule has 1 rings (SSSR count). The number of rotatable bonds is 4. The number of aliphatic hydroxyl groups is 1. The average molecular weight is 271 g/mol. The molecular weight excluding hydrogens is 246 g/mol. The average Bonchev–Trinajstić information content (AvgIpc) is 2.62. The highest BCUT2D eigenvalue weighted by Gasteiger charge is 2.34. The zero-order valence-corrected chi connectivity index (χ0v) is 11.7. The first kappa shape index (κ1) is 15.8. The molecule has 0 bridgehead atoms. The molecule has 0 aliphatic carbocycles. The van der Waals surface area contributed by atoms with Gasteiger partial charge in [-0.3, -0.25) is 4.79 Å². The van der Waals surface area contributed by atoms with E-state index in [0.717, 1.165) is 25.7 Å². The summed E-state index contributed by atoms with van der Waals surface area (Å²) in [5.41, 5.74) is 5.64. The molecule has 0 aromatic carbocycles. The van der Waals surface area contributed by atoms with Crippen LogP contribution >= 0.6 is 0 Å². The van der Waals surface area contributed by atoms with Crippen molar-refractivity contribution in [2.24, 2.45) is 22.7 Å². The van der Waals surface area contributed by atoms with Gasteiger partial charge in [0.25, 0.3) is 0 Å². The van der Waals surface area contributed by atoms with Gasteiger partial charge < -0.3 is 20.9 Å². The number of nitrogens with zero attached hydrogens (tertiary/aromatic N) is 2.